The van der Waals surface area contributed by atoms with E-state index in [-0.39, 0.29) is 29.9 Å². The van der Waals surface area contributed by atoms with Crippen LogP contribution in [0.25, 0.3) is 0 Å². The van der Waals surface area contributed by atoms with Crippen LogP contribution in [0, 0.1) is 0 Å². The average Bonchev–Trinajstić information content (AvgIpc) is 2.45. The number of carbonyl (C=O) groups is 3. The number of nitrogens with one attached hydrogen (secondary N) is 4. The molecule has 1 aliphatic carbocycles. The van der Waals surface area contributed by atoms with E-state index in [4.69, 9.17) is 0 Å². The Balaban J connectivity index is 2.39. The standard InChI is InChI=1S/C17H32N4O3/c1-12(21(5)11-14(22)20-17(2,3)4)15(23)19-16(24)18-13-9-7-6-8-10-13/h12-13H,6-11H2,1-5H3,(H,20,22)(H2,18,19,23,24)/p+1/t12-/m0/s1. The first kappa shape index (κ1) is 20.4. The molecular weight excluding hydrogens is 308 g/mol. The minimum absolute atomic E-state index is 0.119. The minimum atomic E-state index is -0.493. The highest BCUT2D eigenvalue weighted by Gasteiger charge is 2.27. The molecule has 138 valence electrons. The summed E-state index contributed by atoms with van der Waals surface area (Å²) >= 11 is 0. The number of urea groups is 1. The molecule has 0 spiro atoms. The van der Waals surface area contributed by atoms with E-state index in [2.05, 4.69) is 16.0 Å². The van der Waals surface area contributed by atoms with E-state index >= 15 is 0 Å². The van der Waals surface area contributed by atoms with Gasteiger partial charge >= 0.3 is 6.03 Å². The summed E-state index contributed by atoms with van der Waals surface area (Å²) in [4.78, 5) is 36.8. The van der Waals surface area contributed by atoms with Crippen molar-refractivity contribution in [3.05, 3.63) is 0 Å². The first-order valence-corrected chi connectivity index (χ1v) is 8.83. The Morgan fingerprint density at radius 3 is 2.25 bits per heavy atom. The Bertz CT molecular complexity index is 453. The summed E-state index contributed by atoms with van der Waals surface area (Å²) in [5.74, 6) is -0.490. The summed E-state index contributed by atoms with van der Waals surface area (Å²) in [5.41, 5.74) is -0.303. The fourth-order valence-electron chi connectivity index (χ4n) is 2.78. The lowest BCUT2D eigenvalue weighted by Crippen LogP contribution is -3.15. The molecule has 2 atom stereocenters. The van der Waals surface area contributed by atoms with Crippen molar-refractivity contribution < 1.29 is 19.3 Å². The largest absolute Gasteiger partial charge is 0.347 e. The third-order valence-electron chi connectivity index (χ3n) is 4.26. The van der Waals surface area contributed by atoms with Gasteiger partial charge < -0.3 is 15.5 Å². The number of quaternary nitrogens is 1. The third kappa shape index (κ3) is 7.77. The molecule has 24 heavy (non-hydrogen) atoms. The van der Waals surface area contributed by atoms with Gasteiger partial charge in [-0.2, -0.15) is 0 Å². The van der Waals surface area contributed by atoms with Gasteiger partial charge in [0.1, 0.15) is 0 Å². The van der Waals surface area contributed by atoms with Crippen LogP contribution in [0.3, 0.4) is 0 Å². The lowest BCUT2D eigenvalue weighted by Gasteiger charge is -2.25. The lowest BCUT2D eigenvalue weighted by molar-refractivity contribution is -0.886. The Labute approximate surface area is 144 Å². The molecule has 0 bridgehead atoms. The van der Waals surface area contributed by atoms with Crippen molar-refractivity contribution in [3.63, 3.8) is 0 Å². The molecule has 4 amide bonds. The minimum Gasteiger partial charge on any atom is -0.347 e. The van der Waals surface area contributed by atoms with Crippen LogP contribution in [0.5, 0.6) is 0 Å². The smallest absolute Gasteiger partial charge is 0.321 e. The van der Waals surface area contributed by atoms with Gasteiger partial charge in [-0.05, 0) is 40.5 Å². The summed E-state index contributed by atoms with van der Waals surface area (Å²) < 4.78 is 0. The van der Waals surface area contributed by atoms with E-state index in [1.165, 1.54) is 6.42 Å². The van der Waals surface area contributed by atoms with Gasteiger partial charge in [-0.25, -0.2) is 4.79 Å². The van der Waals surface area contributed by atoms with Gasteiger partial charge in [0.25, 0.3) is 11.8 Å². The Hall–Kier alpha value is -1.63. The van der Waals surface area contributed by atoms with Crippen molar-refractivity contribution in [2.24, 2.45) is 0 Å². The number of likely N-dealkylation sites (N-methyl/N-ethyl adjacent to an activating group) is 1. The Morgan fingerprint density at radius 2 is 1.71 bits per heavy atom. The molecule has 1 saturated carbocycles. The third-order valence-corrected chi connectivity index (χ3v) is 4.26. The first-order valence-electron chi connectivity index (χ1n) is 8.83. The van der Waals surface area contributed by atoms with Gasteiger partial charge in [-0.15, -0.1) is 0 Å². The van der Waals surface area contributed by atoms with Crippen LogP contribution in [0.15, 0.2) is 0 Å². The molecule has 0 aliphatic heterocycles. The number of imide groups is 1. The number of hydrogen-bond donors (Lipinski definition) is 4. The van der Waals surface area contributed by atoms with Crippen LogP contribution in [-0.2, 0) is 9.59 Å². The quantitative estimate of drug-likeness (QED) is 0.566. The van der Waals surface area contributed by atoms with Gasteiger partial charge in [-0.3, -0.25) is 14.9 Å². The van der Waals surface area contributed by atoms with Crippen molar-refractivity contribution in [3.8, 4) is 0 Å². The summed E-state index contributed by atoms with van der Waals surface area (Å²) in [5, 5.41) is 8.11. The van der Waals surface area contributed by atoms with E-state index in [0.717, 1.165) is 30.6 Å². The van der Waals surface area contributed by atoms with Crippen LogP contribution in [-0.4, -0.2) is 49.1 Å². The van der Waals surface area contributed by atoms with E-state index in [1.54, 1.807) is 14.0 Å². The molecule has 0 heterocycles. The topological polar surface area (TPSA) is 91.7 Å². The van der Waals surface area contributed by atoms with Gasteiger partial charge in [0.05, 0.1) is 7.05 Å². The second-order valence-corrected chi connectivity index (χ2v) is 7.84. The van der Waals surface area contributed by atoms with E-state index in [9.17, 15) is 14.4 Å². The SMILES string of the molecule is C[C@@H](C(=O)NC(=O)NC1CCCCC1)[NH+](C)CC(=O)NC(C)(C)C. The van der Waals surface area contributed by atoms with Crippen LogP contribution in [0.2, 0.25) is 0 Å². The Kier molecular flexibility index (Phi) is 7.66. The summed E-state index contributed by atoms with van der Waals surface area (Å²) in [6.07, 6.45) is 5.38. The maximum absolute atomic E-state index is 12.2. The molecule has 1 aliphatic rings. The van der Waals surface area contributed by atoms with E-state index < -0.39 is 12.1 Å². The number of carbonyl (C=O) groups excluding carboxylic acids is 3. The monoisotopic (exact) mass is 341 g/mol. The van der Waals surface area contributed by atoms with Gasteiger partial charge in [-0.1, -0.05) is 19.3 Å². The van der Waals surface area contributed by atoms with Crippen molar-refractivity contribution >= 4 is 17.8 Å². The molecule has 0 aromatic rings. The molecule has 1 fully saturated rings. The fraction of sp³-hybridized carbons (Fsp3) is 0.824. The second-order valence-electron chi connectivity index (χ2n) is 7.84. The summed E-state index contributed by atoms with van der Waals surface area (Å²) in [7, 11) is 1.77. The molecule has 0 saturated heterocycles. The molecule has 1 unspecified atom stereocenters. The highest BCUT2D eigenvalue weighted by molar-refractivity contribution is 5.96. The van der Waals surface area contributed by atoms with Gasteiger partial charge in [0, 0.05) is 11.6 Å². The van der Waals surface area contributed by atoms with E-state index in [0.29, 0.717) is 0 Å². The molecule has 1 rings (SSSR count). The lowest BCUT2D eigenvalue weighted by atomic mass is 9.96. The fourth-order valence-corrected chi connectivity index (χ4v) is 2.78. The van der Waals surface area contributed by atoms with Crippen LogP contribution in [0.4, 0.5) is 4.79 Å². The van der Waals surface area contributed by atoms with Crippen LogP contribution in [0.1, 0.15) is 59.8 Å². The zero-order chi connectivity index (χ0) is 18.3. The molecule has 7 nitrogen and oxygen atoms in total. The predicted molar refractivity (Wildman–Crippen MR) is 92.7 cm³/mol. The average molecular weight is 341 g/mol. The Morgan fingerprint density at radius 1 is 1.12 bits per heavy atom. The molecule has 0 aromatic heterocycles. The molecule has 7 heteroatoms. The van der Waals surface area contributed by atoms with Gasteiger partial charge in [0.2, 0.25) is 0 Å². The van der Waals surface area contributed by atoms with Crippen LogP contribution < -0.4 is 20.9 Å². The number of amides is 4. The summed E-state index contributed by atoms with van der Waals surface area (Å²) in [6.45, 7) is 7.61. The maximum atomic E-state index is 12.2. The molecule has 0 radical (unpaired) electrons. The zero-order valence-corrected chi connectivity index (χ0v) is 15.6. The predicted octanol–water partition coefficient (Wildman–Crippen LogP) is -0.0372. The van der Waals surface area contributed by atoms with Crippen LogP contribution >= 0.6 is 0 Å². The van der Waals surface area contributed by atoms with Crippen molar-refractivity contribution in [2.75, 3.05) is 13.6 Å². The van der Waals surface area contributed by atoms with Gasteiger partial charge in [0.15, 0.2) is 12.6 Å². The maximum Gasteiger partial charge on any atom is 0.321 e. The number of hydrogen-bond acceptors (Lipinski definition) is 3. The number of rotatable bonds is 5. The highest BCUT2D eigenvalue weighted by atomic mass is 16.2. The zero-order valence-electron chi connectivity index (χ0n) is 15.6. The summed E-state index contributed by atoms with van der Waals surface area (Å²) in [6, 6.07) is -0.775. The van der Waals surface area contributed by atoms with Crippen molar-refractivity contribution in [2.45, 2.75) is 77.4 Å². The molecule has 4 N–H and O–H groups in total. The molecular formula is C17H33N4O3+. The van der Waals surface area contributed by atoms with E-state index in [1.807, 2.05) is 20.8 Å². The normalized spacial score (nSPS) is 18.4. The highest BCUT2D eigenvalue weighted by Crippen LogP contribution is 2.17. The van der Waals surface area contributed by atoms with Crippen molar-refractivity contribution in [1.82, 2.24) is 16.0 Å². The molecule has 0 aromatic carbocycles. The second kappa shape index (κ2) is 9.01. The first-order chi connectivity index (χ1) is 11.1. The van der Waals surface area contributed by atoms with Crippen molar-refractivity contribution in [1.29, 1.82) is 0 Å².